The SMILES string of the molecule is CC(C)C1(C(=O)O)CCN(C2CCCSC2)C1. The number of likely N-dealkylation sites (tertiary alicyclic amines) is 1. The van der Waals surface area contributed by atoms with Crippen molar-refractivity contribution in [2.45, 2.75) is 39.2 Å². The standard InChI is InChI=1S/C13H23NO2S/c1-10(2)13(12(15)16)5-6-14(9-13)11-4-3-7-17-8-11/h10-11H,3-9H2,1-2H3,(H,15,16). The van der Waals surface area contributed by atoms with Gasteiger partial charge in [0.2, 0.25) is 0 Å². The third-order valence-electron chi connectivity index (χ3n) is 4.51. The molecule has 2 aliphatic rings. The van der Waals surface area contributed by atoms with Crippen molar-refractivity contribution < 1.29 is 9.90 Å². The second-order valence-electron chi connectivity index (χ2n) is 5.71. The highest BCUT2D eigenvalue weighted by molar-refractivity contribution is 7.99. The summed E-state index contributed by atoms with van der Waals surface area (Å²) in [6.45, 7) is 5.82. The molecule has 0 spiro atoms. The molecule has 2 rings (SSSR count). The highest BCUT2D eigenvalue weighted by Gasteiger charge is 2.48. The van der Waals surface area contributed by atoms with E-state index in [1.807, 2.05) is 25.6 Å². The van der Waals surface area contributed by atoms with Crippen LogP contribution < -0.4 is 0 Å². The first kappa shape index (κ1) is 13.2. The first-order valence-corrected chi connectivity index (χ1v) is 7.77. The van der Waals surface area contributed by atoms with Crippen LogP contribution >= 0.6 is 11.8 Å². The molecule has 2 unspecified atom stereocenters. The van der Waals surface area contributed by atoms with E-state index in [9.17, 15) is 9.90 Å². The van der Waals surface area contributed by atoms with Crippen molar-refractivity contribution >= 4 is 17.7 Å². The van der Waals surface area contributed by atoms with Crippen molar-refractivity contribution in [3.63, 3.8) is 0 Å². The number of hydrogen-bond donors (Lipinski definition) is 1. The molecule has 0 amide bonds. The van der Waals surface area contributed by atoms with Crippen molar-refractivity contribution in [2.75, 3.05) is 24.6 Å². The van der Waals surface area contributed by atoms with Crippen LogP contribution in [0.1, 0.15) is 33.1 Å². The summed E-state index contributed by atoms with van der Waals surface area (Å²) in [5, 5.41) is 9.52. The van der Waals surface area contributed by atoms with Crippen LogP contribution in [0.3, 0.4) is 0 Å². The van der Waals surface area contributed by atoms with Gasteiger partial charge in [-0.2, -0.15) is 11.8 Å². The molecule has 0 aromatic rings. The van der Waals surface area contributed by atoms with E-state index in [2.05, 4.69) is 4.90 Å². The van der Waals surface area contributed by atoms with Crippen molar-refractivity contribution in [3.8, 4) is 0 Å². The quantitative estimate of drug-likeness (QED) is 0.842. The van der Waals surface area contributed by atoms with Gasteiger partial charge in [0, 0.05) is 18.3 Å². The van der Waals surface area contributed by atoms with Crippen molar-refractivity contribution in [1.29, 1.82) is 0 Å². The predicted molar refractivity (Wildman–Crippen MR) is 71.4 cm³/mol. The molecule has 17 heavy (non-hydrogen) atoms. The van der Waals surface area contributed by atoms with Crippen molar-refractivity contribution in [1.82, 2.24) is 4.90 Å². The lowest BCUT2D eigenvalue weighted by Crippen LogP contribution is -2.43. The van der Waals surface area contributed by atoms with Crippen molar-refractivity contribution in [2.24, 2.45) is 11.3 Å². The second-order valence-corrected chi connectivity index (χ2v) is 6.86. The highest BCUT2D eigenvalue weighted by Crippen LogP contribution is 2.40. The molecule has 98 valence electrons. The van der Waals surface area contributed by atoms with E-state index >= 15 is 0 Å². The van der Waals surface area contributed by atoms with Gasteiger partial charge in [0.1, 0.15) is 0 Å². The van der Waals surface area contributed by atoms with Gasteiger partial charge in [-0.25, -0.2) is 0 Å². The number of carbonyl (C=O) groups is 1. The van der Waals surface area contributed by atoms with E-state index in [4.69, 9.17) is 0 Å². The maximum absolute atomic E-state index is 11.6. The maximum atomic E-state index is 11.6. The molecular formula is C13H23NO2S. The first-order chi connectivity index (χ1) is 8.06. The Morgan fingerprint density at radius 2 is 2.29 bits per heavy atom. The van der Waals surface area contributed by atoms with Gasteiger partial charge in [-0.15, -0.1) is 0 Å². The Morgan fingerprint density at radius 1 is 1.53 bits per heavy atom. The number of carboxylic acids is 1. The van der Waals surface area contributed by atoms with Gasteiger partial charge in [-0.05, 0) is 37.5 Å². The molecule has 2 saturated heterocycles. The lowest BCUT2D eigenvalue weighted by molar-refractivity contribution is -0.151. The van der Waals surface area contributed by atoms with E-state index in [0.717, 1.165) is 19.5 Å². The largest absolute Gasteiger partial charge is 0.481 e. The van der Waals surface area contributed by atoms with Crippen LogP contribution in [0.15, 0.2) is 0 Å². The Bertz CT molecular complexity index is 289. The molecule has 2 heterocycles. The predicted octanol–water partition coefficient (Wildman–Crippen LogP) is 2.31. The van der Waals surface area contributed by atoms with E-state index in [-0.39, 0.29) is 5.92 Å². The summed E-state index contributed by atoms with van der Waals surface area (Å²) >= 11 is 2.02. The van der Waals surface area contributed by atoms with Crippen LogP contribution in [0.4, 0.5) is 0 Å². The smallest absolute Gasteiger partial charge is 0.311 e. The molecule has 3 nitrogen and oxygen atoms in total. The second kappa shape index (κ2) is 5.19. The minimum Gasteiger partial charge on any atom is -0.481 e. The highest BCUT2D eigenvalue weighted by atomic mass is 32.2. The summed E-state index contributed by atoms with van der Waals surface area (Å²) in [7, 11) is 0. The fourth-order valence-corrected chi connectivity index (χ4v) is 4.27. The summed E-state index contributed by atoms with van der Waals surface area (Å²) in [4.78, 5) is 14.0. The molecule has 0 bridgehead atoms. The van der Waals surface area contributed by atoms with Gasteiger partial charge in [-0.1, -0.05) is 13.8 Å². The van der Waals surface area contributed by atoms with Crippen molar-refractivity contribution in [3.05, 3.63) is 0 Å². The normalized spacial score (nSPS) is 35.4. The van der Waals surface area contributed by atoms with Gasteiger partial charge >= 0.3 is 5.97 Å². The lowest BCUT2D eigenvalue weighted by Gasteiger charge is -2.33. The average molecular weight is 257 g/mol. The number of rotatable bonds is 3. The summed E-state index contributed by atoms with van der Waals surface area (Å²) in [6, 6.07) is 0.619. The Hall–Kier alpha value is -0.220. The van der Waals surface area contributed by atoms with Crippen LogP contribution in [-0.2, 0) is 4.79 Å². The van der Waals surface area contributed by atoms with Gasteiger partial charge in [0.25, 0.3) is 0 Å². The minimum absolute atomic E-state index is 0.223. The Balaban J connectivity index is 2.03. The van der Waals surface area contributed by atoms with E-state index in [1.54, 1.807) is 0 Å². The lowest BCUT2D eigenvalue weighted by atomic mass is 9.76. The molecule has 2 fully saturated rings. The first-order valence-electron chi connectivity index (χ1n) is 6.61. The molecular weight excluding hydrogens is 234 g/mol. The van der Waals surface area contributed by atoms with Crippen LogP contribution in [0.5, 0.6) is 0 Å². The van der Waals surface area contributed by atoms with Crippen LogP contribution in [-0.4, -0.2) is 46.6 Å². The van der Waals surface area contributed by atoms with Gasteiger partial charge < -0.3 is 5.11 Å². The number of thioether (sulfide) groups is 1. The van der Waals surface area contributed by atoms with Crippen LogP contribution in [0.25, 0.3) is 0 Å². The Morgan fingerprint density at radius 3 is 2.76 bits per heavy atom. The Labute approximate surface area is 108 Å². The maximum Gasteiger partial charge on any atom is 0.311 e. The fraction of sp³-hybridized carbons (Fsp3) is 0.923. The molecule has 0 aromatic heterocycles. The van der Waals surface area contributed by atoms with E-state index in [0.29, 0.717) is 6.04 Å². The van der Waals surface area contributed by atoms with Gasteiger partial charge in [0.05, 0.1) is 5.41 Å². The number of carboxylic acid groups (broad SMARTS) is 1. The fourth-order valence-electron chi connectivity index (χ4n) is 3.08. The molecule has 2 aliphatic heterocycles. The summed E-state index contributed by atoms with van der Waals surface area (Å²) in [5.74, 6) is 2.09. The van der Waals surface area contributed by atoms with Crippen LogP contribution in [0.2, 0.25) is 0 Å². The third kappa shape index (κ3) is 2.48. The summed E-state index contributed by atoms with van der Waals surface area (Å²) in [6.07, 6.45) is 3.36. The minimum atomic E-state index is -0.599. The zero-order valence-electron chi connectivity index (χ0n) is 10.8. The Kier molecular flexibility index (Phi) is 4.03. The molecule has 4 heteroatoms. The van der Waals surface area contributed by atoms with Gasteiger partial charge in [0.15, 0.2) is 0 Å². The van der Waals surface area contributed by atoms with E-state index in [1.165, 1.54) is 24.3 Å². The zero-order valence-corrected chi connectivity index (χ0v) is 11.6. The topological polar surface area (TPSA) is 40.5 Å². The molecule has 0 aliphatic carbocycles. The number of aliphatic carboxylic acids is 1. The molecule has 0 aromatic carbocycles. The third-order valence-corrected chi connectivity index (χ3v) is 5.71. The average Bonchev–Trinajstić information content (AvgIpc) is 2.76. The van der Waals surface area contributed by atoms with Crippen LogP contribution in [0, 0.1) is 11.3 Å². The summed E-state index contributed by atoms with van der Waals surface area (Å²) < 4.78 is 0. The number of hydrogen-bond acceptors (Lipinski definition) is 3. The zero-order chi connectivity index (χ0) is 12.5. The monoisotopic (exact) mass is 257 g/mol. The molecule has 0 saturated carbocycles. The molecule has 1 N–H and O–H groups in total. The summed E-state index contributed by atoms with van der Waals surface area (Å²) in [5.41, 5.74) is -0.498. The molecule has 2 atom stereocenters. The number of nitrogens with zero attached hydrogens (tertiary/aromatic N) is 1. The molecule has 0 radical (unpaired) electrons. The van der Waals surface area contributed by atoms with E-state index < -0.39 is 11.4 Å². The van der Waals surface area contributed by atoms with Gasteiger partial charge in [-0.3, -0.25) is 9.69 Å².